The van der Waals surface area contributed by atoms with Crippen molar-refractivity contribution in [3.63, 3.8) is 0 Å². The van der Waals surface area contributed by atoms with Gasteiger partial charge in [0.15, 0.2) is 52.8 Å². The molecule has 0 unspecified atom stereocenters. The van der Waals surface area contributed by atoms with Crippen molar-refractivity contribution in [1.29, 1.82) is 0 Å². The van der Waals surface area contributed by atoms with Crippen LogP contribution in [0, 0.1) is 23.7 Å². The molecule has 0 radical (unpaired) electrons. The lowest BCUT2D eigenvalue weighted by atomic mass is 9.90. The van der Waals surface area contributed by atoms with Crippen molar-refractivity contribution in [3.05, 3.63) is 35.4 Å². The molecule has 0 bridgehead atoms. The van der Waals surface area contributed by atoms with Gasteiger partial charge in [-0.3, -0.25) is 77.5 Å². The average Bonchev–Trinajstić information content (AvgIpc) is 1.64. The first-order valence-corrected chi connectivity index (χ1v) is 40.2. The maximum Gasteiger partial charge on any atom is 0.407 e. The van der Waals surface area contributed by atoms with E-state index in [0.29, 0.717) is 37.8 Å². The van der Waals surface area contributed by atoms with Gasteiger partial charge in [-0.2, -0.15) is 11.8 Å². The molecule has 9 atom stereocenters. The Kier molecular flexibility index (Phi) is 50.3. The number of likely N-dealkylation sites (N-methyl/N-ethyl adjacent to an activating group) is 1. The number of nitrogens with two attached hydrogens (primary N) is 8. The fourth-order valence-corrected chi connectivity index (χ4v) is 12.8. The molecule has 1 aromatic rings. The summed E-state index contributed by atoms with van der Waals surface area (Å²) in [5, 5.41) is 23.4. The Bertz CT molecular complexity index is 3400. The molecule has 1 fully saturated rings. The van der Waals surface area contributed by atoms with Crippen molar-refractivity contribution in [3.8, 4) is 0 Å². The highest BCUT2D eigenvalue weighted by Crippen LogP contribution is 2.23. The maximum absolute atomic E-state index is 14.4. The Labute approximate surface area is 672 Å². The lowest BCUT2D eigenvalue weighted by Crippen LogP contribution is -2.52. The zero-order valence-corrected chi connectivity index (χ0v) is 68.4. The number of benzene rings is 1. The molecule has 23 N–H and O–H groups in total. The van der Waals surface area contributed by atoms with E-state index in [-0.39, 0.29) is 203 Å². The van der Waals surface area contributed by atoms with Gasteiger partial charge in [-0.25, -0.2) is 4.79 Å². The number of Topliss-reactive ketones (excluding diaryl/α,β-unsaturated/α-hetero) is 6. The minimum absolute atomic E-state index is 0.00688. The molecule has 1 heterocycles. The van der Waals surface area contributed by atoms with Crippen molar-refractivity contribution in [2.45, 2.75) is 199 Å². The Balaban J connectivity index is 2.07. The SMILES string of the molecule is CCC(=O)[C@@H](CCCN=C(N)N)NC(=O)[C@@H](CCCN=C(N)N)CC(=O)[C@@H](CCCN=C(N)N)NC(=O)[C@@H](CCCN=C(N)N)CC(=O)CNC(=O)[C@H](C)CC(=O)[C@H](CSC)NC(=O)CCC(=O)[C@H](CC(C)C)NC(=O)[C@@H]1CCCN1C(=O)COCCCC(=O)[C@H](Cc1ccc(/C(C)=N/OCCNC(=O)OCCOC)cc1)NC. The third kappa shape index (κ3) is 42.8. The molecule has 38 nitrogen and oxygen atoms in total. The number of hydrogen-bond donors (Lipinski definition) is 15. The summed E-state index contributed by atoms with van der Waals surface area (Å²) in [5.74, 6) is -9.85. The van der Waals surface area contributed by atoms with E-state index in [0.717, 1.165) is 11.1 Å². The van der Waals surface area contributed by atoms with Crippen LogP contribution in [-0.4, -0.2) is 252 Å². The molecular formula is C75H127N21O17S. The van der Waals surface area contributed by atoms with Gasteiger partial charge in [0.2, 0.25) is 35.4 Å². The van der Waals surface area contributed by atoms with E-state index in [1.807, 2.05) is 38.1 Å². The highest BCUT2D eigenvalue weighted by molar-refractivity contribution is 7.98. The van der Waals surface area contributed by atoms with Crippen LogP contribution in [0.2, 0.25) is 0 Å². The minimum atomic E-state index is -1.24. The first kappa shape index (κ1) is 100. The first-order valence-electron chi connectivity index (χ1n) is 38.8. The Hall–Kier alpha value is -9.89. The minimum Gasteiger partial charge on any atom is -0.447 e. The summed E-state index contributed by atoms with van der Waals surface area (Å²) >= 11 is 1.25. The molecule has 1 saturated heterocycles. The normalized spacial score (nSPS) is 14.7. The third-order valence-corrected chi connectivity index (χ3v) is 19.0. The summed E-state index contributed by atoms with van der Waals surface area (Å²) in [6, 6.07) is 1.92. The molecule has 1 aromatic carbocycles. The zero-order valence-electron chi connectivity index (χ0n) is 67.6. The van der Waals surface area contributed by atoms with Crippen molar-refractivity contribution in [2.24, 2.45) is 94.7 Å². The molecule has 2 rings (SSSR count). The molecule has 0 aromatic heterocycles. The van der Waals surface area contributed by atoms with Crippen molar-refractivity contribution < 1.29 is 81.4 Å². The number of thioether (sulfide) groups is 1. The van der Waals surface area contributed by atoms with Crippen LogP contribution in [0.25, 0.3) is 0 Å². The second-order valence-electron chi connectivity index (χ2n) is 28.2. The van der Waals surface area contributed by atoms with E-state index in [1.54, 1.807) is 27.2 Å². The molecule has 0 aliphatic carbocycles. The molecule has 0 saturated carbocycles. The standard InChI is InChI=1S/C75H127N21O17S/c1-9-60(98)54(18-12-30-87-73(80)81)92-69(107)52(17-11-29-86-72(78)79)42-64(102)55(19-13-31-88-74(82)83)93-68(106)51(16-10-28-85-71(76)77)41-53(97)43-90-67(105)47(4)39-63(101)58(45-114-8)91-65(103)27-26-62(100)57(38-46(2)3)94-70(108)59-20-14-33-96(59)66(104)44-111-34-15-21-61(99)56(84-6)40-49-22-24-50(25-23-49)48(5)95-113-35-32-89-75(109)112-37-36-110-7/h22-25,46-47,51-52,54-59,84H,9-21,26-45H2,1-8H3,(H,89,109)(H,90,105)(H,91,103)(H,92,107)(H,93,106)(H,94,108)(H4,76,77,85)(H4,78,79,86)(H4,80,81,87)(H4,82,83,88)/b95-48+/t47-,51+,52+,54-,55-,56+,57+,58+,59+/m1/s1. The molecule has 1 aliphatic heterocycles. The highest BCUT2D eigenvalue weighted by atomic mass is 32.2. The smallest absolute Gasteiger partial charge is 0.407 e. The van der Waals surface area contributed by atoms with Gasteiger partial charge in [0.1, 0.15) is 31.6 Å². The van der Waals surface area contributed by atoms with E-state index in [2.05, 4.69) is 62.3 Å². The van der Waals surface area contributed by atoms with E-state index < -0.39 is 138 Å². The molecule has 1 aliphatic rings. The van der Waals surface area contributed by atoms with Gasteiger partial charge in [0.25, 0.3) is 0 Å². The largest absolute Gasteiger partial charge is 0.447 e. The van der Waals surface area contributed by atoms with Gasteiger partial charge >= 0.3 is 6.09 Å². The number of alkyl carbamates (subject to hydrolysis) is 1. The number of oxime groups is 1. The summed E-state index contributed by atoms with van der Waals surface area (Å²) in [4.78, 5) is 199. The highest BCUT2D eigenvalue weighted by Gasteiger charge is 2.37. The molecule has 0 spiro atoms. The number of aliphatic imine (C=N–C) groups is 4. The van der Waals surface area contributed by atoms with Crippen molar-refractivity contribution in [1.82, 2.24) is 42.1 Å². The van der Waals surface area contributed by atoms with Crippen LogP contribution in [0.3, 0.4) is 0 Å². The zero-order chi connectivity index (χ0) is 85.1. The van der Waals surface area contributed by atoms with Crippen molar-refractivity contribution >= 4 is 118 Å². The van der Waals surface area contributed by atoms with Gasteiger partial charge < -0.3 is 107 Å². The molecule has 640 valence electrons. The summed E-state index contributed by atoms with van der Waals surface area (Å²) in [7, 11) is 3.21. The summed E-state index contributed by atoms with van der Waals surface area (Å²) in [6.45, 7) is 9.32. The topological polar surface area (TPSA) is 616 Å². The monoisotopic (exact) mass is 1630 g/mol. The molecular weight excluding hydrogens is 1500 g/mol. The van der Waals surface area contributed by atoms with E-state index >= 15 is 0 Å². The Morgan fingerprint density at radius 2 is 1.14 bits per heavy atom. The first-order chi connectivity index (χ1) is 54.2. The fraction of sp³-hybridized carbons (Fsp3) is 0.680. The van der Waals surface area contributed by atoms with Crippen LogP contribution in [0.1, 0.15) is 168 Å². The second kappa shape index (κ2) is 57.2. The predicted octanol–water partition coefficient (Wildman–Crippen LogP) is -0.959. The van der Waals surface area contributed by atoms with Crippen LogP contribution in [0.4, 0.5) is 4.79 Å². The number of amides is 7. The second-order valence-corrected chi connectivity index (χ2v) is 29.2. The lowest BCUT2D eigenvalue weighted by Gasteiger charge is -2.27. The number of ketones is 6. The summed E-state index contributed by atoms with van der Waals surface area (Å²) < 4.78 is 15.5. The number of carbonyl (C=O) groups excluding carboxylic acids is 13. The number of hydrogen-bond acceptors (Lipinski definition) is 24. The number of nitrogens with one attached hydrogen (secondary N) is 7. The van der Waals surface area contributed by atoms with Gasteiger partial charge in [-0.15, -0.1) is 0 Å². The average molecular weight is 1630 g/mol. The number of carbonyl (C=O) groups is 13. The molecule has 39 heteroatoms. The van der Waals surface area contributed by atoms with Crippen LogP contribution in [0.5, 0.6) is 0 Å². The predicted molar refractivity (Wildman–Crippen MR) is 435 cm³/mol. The van der Waals surface area contributed by atoms with Crippen LogP contribution >= 0.6 is 11.8 Å². The fourth-order valence-electron chi connectivity index (χ4n) is 12.2. The van der Waals surface area contributed by atoms with Gasteiger partial charge in [-0.1, -0.05) is 57.1 Å². The number of ether oxygens (including phenoxy) is 3. The number of nitrogens with zero attached hydrogens (tertiary/aromatic N) is 6. The van der Waals surface area contributed by atoms with E-state index in [1.165, 1.54) is 30.7 Å². The summed E-state index contributed by atoms with van der Waals surface area (Å²) in [5.41, 5.74) is 46.6. The van der Waals surface area contributed by atoms with Gasteiger partial charge in [0, 0.05) is 115 Å². The number of methoxy groups -OCH3 is 1. The molecule has 114 heavy (non-hydrogen) atoms. The Morgan fingerprint density at radius 3 is 1.68 bits per heavy atom. The van der Waals surface area contributed by atoms with Crippen LogP contribution in [-0.2, 0) is 83.0 Å². The molecule has 7 amide bonds. The van der Waals surface area contributed by atoms with E-state index in [4.69, 9.17) is 64.9 Å². The number of guanidine groups is 4. The van der Waals surface area contributed by atoms with Gasteiger partial charge in [-0.05, 0) is 121 Å². The van der Waals surface area contributed by atoms with Crippen LogP contribution < -0.4 is 83.1 Å². The quantitative estimate of drug-likeness (QED) is 0.0162. The summed E-state index contributed by atoms with van der Waals surface area (Å²) in [6.07, 6.45) is 2.74. The Morgan fingerprint density at radius 1 is 0.588 bits per heavy atom. The number of likely N-dealkylation sites (tertiary alicyclic amines) is 1. The lowest BCUT2D eigenvalue weighted by molar-refractivity contribution is -0.142. The van der Waals surface area contributed by atoms with Gasteiger partial charge in [0.05, 0.1) is 55.6 Å². The van der Waals surface area contributed by atoms with E-state index in [9.17, 15) is 62.3 Å². The van der Waals surface area contributed by atoms with Crippen LogP contribution in [0.15, 0.2) is 49.4 Å². The maximum atomic E-state index is 14.4. The van der Waals surface area contributed by atoms with Crippen molar-refractivity contribution in [2.75, 3.05) is 105 Å². The third-order valence-electron chi connectivity index (χ3n) is 18.4. The number of rotatable bonds is 62.